The molecule has 0 aromatic rings. The molecule has 0 amide bonds. The summed E-state index contributed by atoms with van der Waals surface area (Å²) in [6.07, 6.45) is 2.27. The van der Waals surface area contributed by atoms with Crippen LogP contribution in [0.2, 0.25) is 19.6 Å². The second-order valence-corrected chi connectivity index (χ2v) is 10.7. The summed E-state index contributed by atoms with van der Waals surface area (Å²) in [5, 5.41) is 0.141. The number of carbonyl (C=O) groups excluding carboxylic acids is 1. The van der Waals surface area contributed by atoms with Crippen LogP contribution in [0.15, 0.2) is 0 Å². The molecule has 0 radical (unpaired) electrons. The minimum Gasteiger partial charge on any atom is -0.412 e. The first-order chi connectivity index (χ1) is 7.85. The van der Waals surface area contributed by atoms with E-state index in [9.17, 15) is 4.79 Å². The molecule has 0 rings (SSSR count). The van der Waals surface area contributed by atoms with Crippen molar-refractivity contribution >= 4 is 25.2 Å². The standard InChI is InChI=1S/C12H26O3SSi/c1-6-7-8-14-9-12(10-16-11(2)13)15-17(3,4)5/h12H,6-10H2,1-5H3/t12-/m0/s1. The Kier molecular flexibility index (Phi) is 9.22. The molecule has 0 aliphatic heterocycles. The summed E-state index contributed by atoms with van der Waals surface area (Å²) in [5.41, 5.74) is 0. The van der Waals surface area contributed by atoms with Gasteiger partial charge in [-0.1, -0.05) is 25.1 Å². The fraction of sp³-hybridized carbons (Fsp3) is 0.917. The van der Waals surface area contributed by atoms with E-state index >= 15 is 0 Å². The van der Waals surface area contributed by atoms with Crippen LogP contribution in [0.3, 0.4) is 0 Å². The average molecular weight is 278 g/mol. The van der Waals surface area contributed by atoms with E-state index in [0.717, 1.165) is 19.4 Å². The zero-order chi connectivity index (χ0) is 13.3. The lowest BCUT2D eigenvalue weighted by atomic mass is 10.3. The van der Waals surface area contributed by atoms with Gasteiger partial charge in [0.15, 0.2) is 13.4 Å². The van der Waals surface area contributed by atoms with Crippen LogP contribution in [0, 0.1) is 0 Å². The zero-order valence-electron chi connectivity index (χ0n) is 11.7. The third kappa shape index (κ3) is 12.4. The first kappa shape index (κ1) is 17.2. The van der Waals surface area contributed by atoms with E-state index in [1.165, 1.54) is 11.8 Å². The van der Waals surface area contributed by atoms with Crippen LogP contribution < -0.4 is 0 Å². The SMILES string of the molecule is CCCCOC[C@@H](CSC(C)=O)O[Si](C)(C)C. The first-order valence-corrected chi connectivity index (χ1v) is 10.6. The Bertz CT molecular complexity index is 216. The number of unbranched alkanes of at least 4 members (excludes halogenated alkanes) is 1. The maximum absolute atomic E-state index is 11.0. The van der Waals surface area contributed by atoms with Crippen LogP contribution in [0.4, 0.5) is 0 Å². The summed E-state index contributed by atoms with van der Waals surface area (Å²) >= 11 is 1.32. The lowest BCUT2D eigenvalue weighted by Gasteiger charge is -2.25. The van der Waals surface area contributed by atoms with E-state index in [2.05, 4.69) is 26.6 Å². The summed E-state index contributed by atoms with van der Waals surface area (Å²) in [6, 6.07) is 0. The van der Waals surface area contributed by atoms with Crippen molar-refractivity contribution in [2.45, 2.75) is 52.4 Å². The molecule has 3 nitrogen and oxygen atoms in total. The van der Waals surface area contributed by atoms with E-state index in [4.69, 9.17) is 9.16 Å². The number of ether oxygens (including phenoxy) is 1. The highest BCUT2D eigenvalue weighted by Gasteiger charge is 2.21. The van der Waals surface area contributed by atoms with Gasteiger partial charge in [-0.2, -0.15) is 0 Å². The van der Waals surface area contributed by atoms with Gasteiger partial charge < -0.3 is 9.16 Å². The molecule has 0 aromatic carbocycles. The van der Waals surface area contributed by atoms with Gasteiger partial charge in [0.05, 0.1) is 12.7 Å². The Hall–Kier alpha value is 0.157. The number of rotatable bonds is 9. The van der Waals surface area contributed by atoms with Gasteiger partial charge in [-0.15, -0.1) is 0 Å². The maximum atomic E-state index is 11.0. The quantitative estimate of drug-likeness (QED) is 0.479. The third-order valence-electron chi connectivity index (χ3n) is 1.94. The van der Waals surface area contributed by atoms with Crippen LogP contribution in [-0.4, -0.2) is 38.5 Å². The summed E-state index contributed by atoms with van der Waals surface area (Å²) in [6.45, 7) is 11.6. The van der Waals surface area contributed by atoms with Gasteiger partial charge in [0, 0.05) is 19.3 Å². The predicted molar refractivity (Wildman–Crippen MR) is 77.1 cm³/mol. The van der Waals surface area contributed by atoms with Crippen LogP contribution in [0.5, 0.6) is 0 Å². The molecule has 5 heteroatoms. The molecule has 0 aliphatic rings. The first-order valence-electron chi connectivity index (χ1n) is 6.24. The molecule has 0 unspecified atom stereocenters. The lowest BCUT2D eigenvalue weighted by Crippen LogP contribution is -2.36. The van der Waals surface area contributed by atoms with Gasteiger partial charge in [0.25, 0.3) is 0 Å². The van der Waals surface area contributed by atoms with E-state index in [-0.39, 0.29) is 11.2 Å². The van der Waals surface area contributed by atoms with Crippen molar-refractivity contribution in [3.8, 4) is 0 Å². The Balaban J connectivity index is 3.97. The maximum Gasteiger partial charge on any atom is 0.185 e. The Morgan fingerprint density at radius 2 is 2.00 bits per heavy atom. The van der Waals surface area contributed by atoms with Gasteiger partial charge in [-0.05, 0) is 26.1 Å². The normalized spacial score (nSPS) is 13.7. The van der Waals surface area contributed by atoms with Crippen molar-refractivity contribution in [3.05, 3.63) is 0 Å². The molecule has 0 bridgehead atoms. The molecular weight excluding hydrogens is 252 g/mol. The second kappa shape index (κ2) is 9.14. The molecule has 102 valence electrons. The molecule has 1 atom stereocenters. The largest absolute Gasteiger partial charge is 0.412 e. The van der Waals surface area contributed by atoms with Gasteiger partial charge in [0.2, 0.25) is 0 Å². The highest BCUT2D eigenvalue weighted by atomic mass is 32.2. The van der Waals surface area contributed by atoms with Crippen LogP contribution in [-0.2, 0) is 14.0 Å². The number of thioether (sulfide) groups is 1. The minimum absolute atomic E-state index is 0.0485. The number of hydrogen-bond acceptors (Lipinski definition) is 4. The Labute approximate surface area is 111 Å². The van der Waals surface area contributed by atoms with Crippen LogP contribution in [0.1, 0.15) is 26.7 Å². The van der Waals surface area contributed by atoms with E-state index in [0.29, 0.717) is 12.4 Å². The summed E-state index contributed by atoms with van der Waals surface area (Å²) in [7, 11) is -1.57. The van der Waals surface area contributed by atoms with E-state index in [1.54, 1.807) is 6.92 Å². The molecule has 0 heterocycles. The van der Waals surface area contributed by atoms with Gasteiger partial charge in [0.1, 0.15) is 0 Å². The van der Waals surface area contributed by atoms with Crippen LogP contribution >= 0.6 is 11.8 Å². The van der Waals surface area contributed by atoms with Crippen molar-refractivity contribution in [1.29, 1.82) is 0 Å². The molecule has 0 spiro atoms. The van der Waals surface area contributed by atoms with Gasteiger partial charge >= 0.3 is 0 Å². The van der Waals surface area contributed by atoms with Crippen molar-refractivity contribution < 1.29 is 14.0 Å². The third-order valence-corrected chi connectivity index (χ3v) is 3.92. The molecule has 0 saturated heterocycles. The average Bonchev–Trinajstić information content (AvgIpc) is 2.18. The highest BCUT2D eigenvalue weighted by molar-refractivity contribution is 8.13. The smallest absolute Gasteiger partial charge is 0.185 e. The number of carbonyl (C=O) groups is 1. The molecule has 0 aromatic heterocycles. The summed E-state index contributed by atoms with van der Waals surface area (Å²) < 4.78 is 11.6. The molecular formula is C12H26O3SSi. The molecule has 0 aliphatic carbocycles. The zero-order valence-corrected chi connectivity index (χ0v) is 13.6. The summed E-state index contributed by atoms with van der Waals surface area (Å²) in [4.78, 5) is 11.0. The molecule has 0 saturated carbocycles. The van der Waals surface area contributed by atoms with Gasteiger partial charge in [-0.25, -0.2) is 0 Å². The second-order valence-electron chi connectivity index (χ2n) is 5.08. The van der Waals surface area contributed by atoms with E-state index < -0.39 is 8.32 Å². The highest BCUT2D eigenvalue weighted by Crippen LogP contribution is 2.13. The van der Waals surface area contributed by atoms with Gasteiger partial charge in [-0.3, -0.25) is 4.79 Å². The number of hydrogen-bond donors (Lipinski definition) is 0. The monoisotopic (exact) mass is 278 g/mol. The van der Waals surface area contributed by atoms with Crippen molar-refractivity contribution in [1.82, 2.24) is 0 Å². The fourth-order valence-corrected chi connectivity index (χ4v) is 3.14. The fourth-order valence-electron chi connectivity index (χ4n) is 1.29. The molecule has 0 N–H and O–H groups in total. The Morgan fingerprint density at radius 3 is 2.47 bits per heavy atom. The minimum atomic E-state index is -1.57. The summed E-state index contributed by atoms with van der Waals surface area (Å²) in [5.74, 6) is 0.700. The molecule has 0 fully saturated rings. The molecule has 17 heavy (non-hydrogen) atoms. The predicted octanol–water partition coefficient (Wildman–Crippen LogP) is 3.30. The van der Waals surface area contributed by atoms with Crippen LogP contribution in [0.25, 0.3) is 0 Å². The van der Waals surface area contributed by atoms with Crippen molar-refractivity contribution in [2.24, 2.45) is 0 Å². The lowest BCUT2D eigenvalue weighted by molar-refractivity contribution is -0.109. The van der Waals surface area contributed by atoms with Crippen molar-refractivity contribution in [2.75, 3.05) is 19.0 Å². The van der Waals surface area contributed by atoms with Crippen molar-refractivity contribution in [3.63, 3.8) is 0 Å². The van der Waals surface area contributed by atoms with E-state index in [1.807, 2.05) is 0 Å². The topological polar surface area (TPSA) is 35.5 Å². The Morgan fingerprint density at radius 1 is 1.35 bits per heavy atom.